The van der Waals surface area contributed by atoms with Crippen molar-refractivity contribution in [1.82, 2.24) is 5.32 Å². The van der Waals surface area contributed by atoms with Gasteiger partial charge < -0.3 is 5.32 Å². The van der Waals surface area contributed by atoms with Crippen LogP contribution in [0.5, 0.6) is 0 Å². The average Bonchev–Trinajstić information content (AvgIpc) is 3.10. The number of nitrogens with one attached hydrogen (secondary N) is 2. The Morgan fingerprint density at radius 3 is 2.50 bits per heavy atom. The number of amides is 1. The van der Waals surface area contributed by atoms with Gasteiger partial charge in [0, 0.05) is 27.1 Å². The van der Waals surface area contributed by atoms with Crippen LogP contribution in [-0.4, -0.2) is 29.2 Å². The first-order chi connectivity index (χ1) is 12.5. The first-order valence-electron chi connectivity index (χ1n) is 8.45. The first-order valence-corrected chi connectivity index (χ1v) is 9.67. The summed E-state index contributed by atoms with van der Waals surface area (Å²) in [4.78, 5) is 25.9. The van der Waals surface area contributed by atoms with Gasteiger partial charge in [-0.05, 0) is 36.9 Å². The molecular formula is C19H19N3O3S. The van der Waals surface area contributed by atoms with Crippen LogP contribution >= 0.6 is 11.8 Å². The number of anilines is 1. The maximum Gasteiger partial charge on any atom is 0.256 e. The third kappa shape index (κ3) is 2.27. The van der Waals surface area contributed by atoms with Crippen molar-refractivity contribution >= 4 is 23.4 Å². The Hall–Kier alpha value is -2.38. The van der Waals surface area contributed by atoms with Gasteiger partial charge in [-0.1, -0.05) is 30.3 Å². The lowest BCUT2D eigenvalue weighted by Crippen LogP contribution is -2.54. The molecule has 2 aliphatic rings. The SMILES string of the molecule is CSc1ccc([C@@H]2[C@H](C)N[C@]3(C(=O)Nc4ccccc43)[C@H]2[N+](=O)[O-])cc1. The first kappa shape index (κ1) is 17.1. The minimum absolute atomic E-state index is 0.220. The van der Waals surface area contributed by atoms with E-state index in [1.54, 1.807) is 23.9 Å². The summed E-state index contributed by atoms with van der Waals surface area (Å²) in [7, 11) is 0. The van der Waals surface area contributed by atoms with Gasteiger partial charge in [-0.15, -0.1) is 11.8 Å². The highest BCUT2D eigenvalue weighted by molar-refractivity contribution is 7.98. The smallest absolute Gasteiger partial charge is 0.256 e. The van der Waals surface area contributed by atoms with Crippen LogP contribution in [0.1, 0.15) is 24.0 Å². The van der Waals surface area contributed by atoms with Gasteiger partial charge >= 0.3 is 0 Å². The molecule has 1 saturated heterocycles. The minimum Gasteiger partial charge on any atom is -0.324 e. The molecular weight excluding hydrogens is 350 g/mol. The molecule has 0 aromatic heterocycles. The molecule has 1 spiro atoms. The van der Waals surface area contributed by atoms with E-state index in [9.17, 15) is 14.9 Å². The molecule has 6 nitrogen and oxygen atoms in total. The van der Waals surface area contributed by atoms with Crippen LogP contribution in [0.15, 0.2) is 53.4 Å². The molecule has 4 rings (SSSR count). The largest absolute Gasteiger partial charge is 0.324 e. The molecule has 134 valence electrons. The summed E-state index contributed by atoms with van der Waals surface area (Å²) in [6.45, 7) is 1.91. The molecule has 26 heavy (non-hydrogen) atoms. The highest BCUT2D eigenvalue weighted by atomic mass is 32.2. The van der Waals surface area contributed by atoms with E-state index in [0.717, 1.165) is 10.5 Å². The molecule has 2 aromatic carbocycles. The van der Waals surface area contributed by atoms with Gasteiger partial charge in [-0.25, -0.2) is 0 Å². The lowest BCUT2D eigenvalue weighted by atomic mass is 9.78. The van der Waals surface area contributed by atoms with E-state index in [1.165, 1.54) is 0 Å². The van der Waals surface area contributed by atoms with Gasteiger partial charge in [0.1, 0.15) is 0 Å². The van der Waals surface area contributed by atoms with Crippen molar-refractivity contribution in [1.29, 1.82) is 0 Å². The van der Waals surface area contributed by atoms with Gasteiger partial charge in [0.25, 0.3) is 11.9 Å². The van der Waals surface area contributed by atoms with Crippen molar-refractivity contribution < 1.29 is 9.72 Å². The van der Waals surface area contributed by atoms with Gasteiger partial charge in [-0.3, -0.25) is 20.2 Å². The number of nitrogens with zero attached hydrogens (tertiary/aromatic N) is 1. The van der Waals surface area contributed by atoms with E-state index in [1.807, 2.05) is 49.6 Å². The number of hydrogen-bond donors (Lipinski definition) is 2. The Kier molecular flexibility index (Phi) is 4.00. The van der Waals surface area contributed by atoms with Crippen LogP contribution in [0.3, 0.4) is 0 Å². The molecule has 2 aromatic rings. The summed E-state index contributed by atoms with van der Waals surface area (Å²) in [5.74, 6) is -0.756. The van der Waals surface area contributed by atoms with Crippen molar-refractivity contribution in [2.45, 2.75) is 35.4 Å². The summed E-state index contributed by atoms with van der Waals surface area (Å²) in [5.41, 5.74) is 0.824. The predicted molar refractivity (Wildman–Crippen MR) is 101 cm³/mol. The molecule has 0 aliphatic carbocycles. The number of nitro groups is 1. The zero-order chi connectivity index (χ0) is 18.5. The summed E-state index contributed by atoms with van der Waals surface area (Å²) >= 11 is 1.62. The fourth-order valence-corrected chi connectivity index (χ4v) is 4.79. The van der Waals surface area contributed by atoms with Crippen molar-refractivity contribution in [2.75, 3.05) is 11.6 Å². The molecule has 4 atom stereocenters. The zero-order valence-corrected chi connectivity index (χ0v) is 15.2. The number of hydrogen-bond acceptors (Lipinski definition) is 5. The number of thioether (sulfide) groups is 1. The highest BCUT2D eigenvalue weighted by Gasteiger charge is 2.67. The molecule has 0 saturated carbocycles. The summed E-state index contributed by atoms with van der Waals surface area (Å²) in [6.07, 6.45) is 1.99. The maximum atomic E-state index is 12.9. The topological polar surface area (TPSA) is 84.3 Å². The van der Waals surface area contributed by atoms with Crippen LogP contribution in [-0.2, 0) is 10.3 Å². The quantitative estimate of drug-likeness (QED) is 0.494. The van der Waals surface area contributed by atoms with Crippen LogP contribution in [0.25, 0.3) is 0 Å². The van der Waals surface area contributed by atoms with E-state index in [0.29, 0.717) is 11.3 Å². The van der Waals surface area contributed by atoms with Gasteiger partial charge in [0.2, 0.25) is 0 Å². The number of carbonyl (C=O) groups excluding carboxylic acids is 1. The van der Waals surface area contributed by atoms with Gasteiger partial charge in [0.05, 0.1) is 5.92 Å². The lowest BCUT2D eigenvalue weighted by Gasteiger charge is -2.25. The second kappa shape index (κ2) is 6.10. The Bertz CT molecular complexity index is 886. The predicted octanol–water partition coefficient (Wildman–Crippen LogP) is 2.98. The van der Waals surface area contributed by atoms with Crippen LogP contribution in [0.2, 0.25) is 0 Å². The Morgan fingerprint density at radius 2 is 1.85 bits per heavy atom. The van der Waals surface area contributed by atoms with E-state index >= 15 is 0 Å². The van der Waals surface area contributed by atoms with E-state index < -0.39 is 17.5 Å². The van der Waals surface area contributed by atoms with Crippen LogP contribution in [0, 0.1) is 10.1 Å². The molecule has 7 heteroatoms. The third-order valence-corrected chi connectivity index (χ3v) is 6.21. The number of rotatable bonds is 3. The fraction of sp³-hybridized carbons (Fsp3) is 0.316. The second-order valence-electron chi connectivity index (χ2n) is 6.77. The molecule has 2 heterocycles. The second-order valence-corrected chi connectivity index (χ2v) is 7.65. The molecule has 0 radical (unpaired) electrons. The zero-order valence-electron chi connectivity index (χ0n) is 14.4. The average molecular weight is 369 g/mol. The normalized spacial score (nSPS) is 29.6. The number of fused-ring (bicyclic) bond motifs is 2. The maximum absolute atomic E-state index is 12.9. The third-order valence-electron chi connectivity index (χ3n) is 5.46. The van der Waals surface area contributed by atoms with Crippen molar-refractivity contribution in [3.05, 3.63) is 69.8 Å². The monoisotopic (exact) mass is 369 g/mol. The number of para-hydroxylation sites is 1. The Labute approximate surface area is 155 Å². The van der Waals surface area contributed by atoms with Crippen molar-refractivity contribution in [2.24, 2.45) is 0 Å². The molecule has 0 bridgehead atoms. The summed E-state index contributed by atoms with van der Waals surface area (Å²) < 4.78 is 0. The Morgan fingerprint density at radius 1 is 1.15 bits per heavy atom. The van der Waals surface area contributed by atoms with Gasteiger partial charge in [0.15, 0.2) is 5.54 Å². The molecule has 1 fully saturated rings. The molecule has 1 amide bonds. The number of benzene rings is 2. The van der Waals surface area contributed by atoms with Gasteiger partial charge in [-0.2, -0.15) is 0 Å². The summed E-state index contributed by atoms with van der Waals surface area (Å²) in [5, 5.41) is 18.3. The van der Waals surface area contributed by atoms with Crippen LogP contribution < -0.4 is 10.6 Å². The Balaban J connectivity index is 1.86. The summed E-state index contributed by atoms with van der Waals surface area (Å²) in [6, 6.07) is 13.7. The van der Waals surface area contributed by atoms with Crippen LogP contribution in [0.4, 0.5) is 5.69 Å². The van der Waals surface area contributed by atoms with Crippen molar-refractivity contribution in [3.8, 4) is 0 Å². The highest BCUT2D eigenvalue weighted by Crippen LogP contribution is 2.49. The fourth-order valence-electron chi connectivity index (χ4n) is 4.38. The number of carbonyl (C=O) groups is 1. The lowest BCUT2D eigenvalue weighted by molar-refractivity contribution is -0.532. The molecule has 2 N–H and O–H groups in total. The van der Waals surface area contributed by atoms with E-state index in [2.05, 4.69) is 10.6 Å². The minimum atomic E-state index is -1.34. The standard InChI is InChI=1S/C19H19N3O3S/c1-11-16(12-7-9-13(26-2)10-8-12)17(22(24)25)19(21-11)14-5-3-4-6-15(14)20-18(19)23/h3-11,16-17,21H,1-2H3,(H,20,23)/t11-,16-,17-,19-/m0/s1. The molecule has 0 unspecified atom stereocenters. The van der Waals surface area contributed by atoms with Crippen molar-refractivity contribution in [3.63, 3.8) is 0 Å². The van der Waals surface area contributed by atoms with E-state index in [-0.39, 0.29) is 16.9 Å². The molecule has 2 aliphatic heterocycles. The van der Waals surface area contributed by atoms with E-state index in [4.69, 9.17) is 0 Å².